The molecule has 1 aromatic carbocycles. The van der Waals surface area contributed by atoms with Crippen LogP contribution >= 0.6 is 11.6 Å². The molecule has 0 amide bonds. The van der Waals surface area contributed by atoms with Crippen molar-refractivity contribution >= 4 is 17.4 Å². The predicted molar refractivity (Wildman–Crippen MR) is 69.9 cm³/mol. The lowest BCUT2D eigenvalue weighted by atomic mass is 10.0. The number of ketones is 1. The zero-order chi connectivity index (χ0) is 12.8. The zero-order valence-corrected chi connectivity index (χ0v) is 11.2. The summed E-state index contributed by atoms with van der Waals surface area (Å²) in [6.07, 6.45) is 0. The number of nitrogens with one attached hydrogen (secondary N) is 1. The van der Waals surface area contributed by atoms with Crippen LogP contribution in [0.4, 0.5) is 0 Å². The molecule has 0 fully saturated rings. The summed E-state index contributed by atoms with van der Waals surface area (Å²) in [5.41, 5.74) is 1.60. The minimum atomic E-state index is -0.217. The van der Waals surface area contributed by atoms with E-state index in [1.165, 1.54) is 0 Å². The highest BCUT2D eigenvalue weighted by molar-refractivity contribution is 6.31. The summed E-state index contributed by atoms with van der Waals surface area (Å²) in [6.45, 7) is 5.00. The number of carbonyl (C=O) groups excluding carboxylic acids is 1. The fourth-order valence-corrected chi connectivity index (χ4v) is 1.64. The summed E-state index contributed by atoms with van der Waals surface area (Å²) in [5, 5.41) is 3.79. The van der Waals surface area contributed by atoms with Crippen LogP contribution in [0.3, 0.4) is 0 Å². The molecule has 0 aliphatic rings. The van der Waals surface area contributed by atoms with E-state index in [-0.39, 0.29) is 11.8 Å². The van der Waals surface area contributed by atoms with Crippen LogP contribution in [0.2, 0.25) is 5.02 Å². The van der Waals surface area contributed by atoms with E-state index in [1.54, 1.807) is 19.2 Å². The second kappa shape index (κ2) is 6.74. The van der Waals surface area contributed by atoms with Crippen LogP contribution in [0.25, 0.3) is 0 Å². The largest absolute Gasteiger partial charge is 0.383 e. The Hall–Kier alpha value is -0.900. The third-order valence-electron chi connectivity index (χ3n) is 2.59. The lowest BCUT2D eigenvalue weighted by Gasteiger charge is -2.13. The molecule has 0 radical (unpaired) electrons. The molecule has 0 saturated heterocycles. The van der Waals surface area contributed by atoms with Crippen molar-refractivity contribution < 1.29 is 9.53 Å². The Balaban J connectivity index is 2.65. The van der Waals surface area contributed by atoms with Crippen LogP contribution in [-0.4, -0.2) is 32.1 Å². The predicted octanol–water partition coefficient (Wildman–Crippen LogP) is 2.46. The topological polar surface area (TPSA) is 38.3 Å². The second-order valence-electron chi connectivity index (χ2n) is 4.00. The van der Waals surface area contributed by atoms with Gasteiger partial charge in [-0.15, -0.1) is 0 Å². The van der Waals surface area contributed by atoms with Crippen molar-refractivity contribution in [2.45, 2.75) is 19.9 Å². The monoisotopic (exact) mass is 255 g/mol. The Bertz CT molecular complexity index is 393. The maximum Gasteiger partial charge on any atom is 0.179 e. The van der Waals surface area contributed by atoms with Crippen molar-refractivity contribution in [3.05, 3.63) is 34.3 Å². The highest BCUT2D eigenvalue weighted by atomic mass is 35.5. The van der Waals surface area contributed by atoms with Crippen LogP contribution < -0.4 is 5.32 Å². The van der Waals surface area contributed by atoms with E-state index >= 15 is 0 Å². The van der Waals surface area contributed by atoms with Gasteiger partial charge in [-0.2, -0.15) is 0 Å². The van der Waals surface area contributed by atoms with E-state index in [0.29, 0.717) is 23.7 Å². The van der Waals surface area contributed by atoms with Gasteiger partial charge in [-0.3, -0.25) is 4.79 Å². The molecule has 17 heavy (non-hydrogen) atoms. The summed E-state index contributed by atoms with van der Waals surface area (Å²) >= 11 is 5.92. The number of rotatable bonds is 6. The van der Waals surface area contributed by atoms with Crippen molar-refractivity contribution in [1.29, 1.82) is 0 Å². The average Bonchev–Trinajstić information content (AvgIpc) is 2.32. The van der Waals surface area contributed by atoms with Crippen molar-refractivity contribution in [1.82, 2.24) is 5.32 Å². The van der Waals surface area contributed by atoms with Gasteiger partial charge in [0.1, 0.15) is 0 Å². The number of methoxy groups -OCH3 is 1. The molecule has 1 rings (SSSR count). The Kier molecular flexibility index (Phi) is 5.62. The average molecular weight is 256 g/mol. The third kappa shape index (κ3) is 4.11. The Morgan fingerprint density at radius 2 is 2.24 bits per heavy atom. The molecule has 3 nitrogen and oxygen atoms in total. The first-order chi connectivity index (χ1) is 8.06. The molecule has 4 heteroatoms. The number of aryl methyl sites for hydroxylation is 1. The molecule has 0 bridgehead atoms. The summed E-state index contributed by atoms with van der Waals surface area (Å²) in [7, 11) is 1.64. The van der Waals surface area contributed by atoms with E-state index < -0.39 is 0 Å². The van der Waals surface area contributed by atoms with Gasteiger partial charge in [-0.25, -0.2) is 0 Å². The van der Waals surface area contributed by atoms with Gasteiger partial charge in [0, 0.05) is 24.2 Å². The first-order valence-electron chi connectivity index (χ1n) is 5.59. The maximum absolute atomic E-state index is 12.1. The van der Waals surface area contributed by atoms with Gasteiger partial charge < -0.3 is 10.1 Å². The molecule has 0 aromatic heterocycles. The van der Waals surface area contributed by atoms with Crippen LogP contribution in [0, 0.1) is 6.92 Å². The highest BCUT2D eigenvalue weighted by Gasteiger charge is 2.14. The lowest BCUT2D eigenvalue weighted by molar-refractivity contribution is 0.0945. The maximum atomic E-state index is 12.1. The molecule has 0 aliphatic carbocycles. The van der Waals surface area contributed by atoms with E-state index in [0.717, 1.165) is 5.56 Å². The van der Waals surface area contributed by atoms with Crippen molar-refractivity contribution in [2.24, 2.45) is 0 Å². The standard InChI is InChI=1S/C13H18ClNO2/c1-9-8-11(4-5-12(9)14)13(16)10(2)15-6-7-17-3/h4-5,8,10,15H,6-7H2,1-3H3. The van der Waals surface area contributed by atoms with Crippen LogP contribution in [0.1, 0.15) is 22.8 Å². The number of hydrogen-bond donors (Lipinski definition) is 1. The minimum Gasteiger partial charge on any atom is -0.383 e. The molecule has 1 aromatic rings. The number of hydrogen-bond acceptors (Lipinski definition) is 3. The molecular weight excluding hydrogens is 238 g/mol. The van der Waals surface area contributed by atoms with Crippen molar-refractivity contribution in [2.75, 3.05) is 20.3 Å². The molecule has 94 valence electrons. The minimum absolute atomic E-state index is 0.0702. The normalized spacial score (nSPS) is 12.5. The van der Waals surface area contributed by atoms with Gasteiger partial charge in [-0.05, 0) is 37.6 Å². The molecule has 0 spiro atoms. The fraction of sp³-hybridized carbons (Fsp3) is 0.462. The summed E-state index contributed by atoms with van der Waals surface area (Å²) < 4.78 is 4.92. The smallest absolute Gasteiger partial charge is 0.179 e. The van der Waals surface area contributed by atoms with Crippen LogP contribution in [0.15, 0.2) is 18.2 Å². The number of benzene rings is 1. The number of ether oxygens (including phenoxy) is 1. The van der Waals surface area contributed by atoms with Crippen LogP contribution in [-0.2, 0) is 4.74 Å². The Morgan fingerprint density at radius 1 is 1.53 bits per heavy atom. The molecule has 0 heterocycles. The molecule has 0 saturated carbocycles. The summed E-state index contributed by atoms with van der Waals surface area (Å²) in [5.74, 6) is 0.0702. The second-order valence-corrected chi connectivity index (χ2v) is 4.40. The van der Waals surface area contributed by atoms with E-state index in [9.17, 15) is 4.79 Å². The van der Waals surface area contributed by atoms with E-state index in [1.807, 2.05) is 19.9 Å². The summed E-state index contributed by atoms with van der Waals surface area (Å²) in [4.78, 5) is 12.1. The fourth-order valence-electron chi connectivity index (χ4n) is 1.52. The van der Waals surface area contributed by atoms with Gasteiger partial charge in [0.05, 0.1) is 12.6 Å². The molecular formula is C13H18ClNO2. The van der Waals surface area contributed by atoms with Crippen molar-refractivity contribution in [3.8, 4) is 0 Å². The summed E-state index contributed by atoms with van der Waals surface area (Å²) in [6, 6.07) is 5.11. The Labute approximate surface area is 107 Å². The zero-order valence-electron chi connectivity index (χ0n) is 10.4. The first-order valence-corrected chi connectivity index (χ1v) is 5.96. The Morgan fingerprint density at radius 3 is 2.82 bits per heavy atom. The van der Waals surface area contributed by atoms with Gasteiger partial charge in [0.25, 0.3) is 0 Å². The molecule has 0 aliphatic heterocycles. The third-order valence-corrected chi connectivity index (χ3v) is 3.02. The molecule has 1 atom stereocenters. The van der Waals surface area contributed by atoms with Gasteiger partial charge in [0.2, 0.25) is 0 Å². The quantitative estimate of drug-likeness (QED) is 0.627. The SMILES string of the molecule is COCCNC(C)C(=O)c1ccc(Cl)c(C)c1. The number of halogens is 1. The molecule has 1 N–H and O–H groups in total. The van der Waals surface area contributed by atoms with Gasteiger partial charge >= 0.3 is 0 Å². The van der Waals surface area contributed by atoms with Crippen LogP contribution in [0.5, 0.6) is 0 Å². The molecule has 1 unspecified atom stereocenters. The highest BCUT2D eigenvalue weighted by Crippen LogP contribution is 2.17. The number of carbonyl (C=O) groups is 1. The van der Waals surface area contributed by atoms with E-state index in [2.05, 4.69) is 5.32 Å². The lowest BCUT2D eigenvalue weighted by Crippen LogP contribution is -2.36. The first kappa shape index (κ1) is 14.2. The van der Waals surface area contributed by atoms with Gasteiger partial charge in [-0.1, -0.05) is 11.6 Å². The van der Waals surface area contributed by atoms with Crippen molar-refractivity contribution in [3.63, 3.8) is 0 Å². The van der Waals surface area contributed by atoms with Gasteiger partial charge in [0.15, 0.2) is 5.78 Å². The van der Waals surface area contributed by atoms with E-state index in [4.69, 9.17) is 16.3 Å². The number of Topliss-reactive ketones (excluding diaryl/α,β-unsaturated/α-hetero) is 1.